The van der Waals surface area contributed by atoms with E-state index in [1.165, 1.54) is 70.6 Å². The van der Waals surface area contributed by atoms with E-state index in [0.29, 0.717) is 0 Å². The van der Waals surface area contributed by atoms with E-state index in [-0.39, 0.29) is 0 Å². The van der Waals surface area contributed by atoms with E-state index in [4.69, 9.17) is 0 Å². The maximum Gasteiger partial charge on any atom is -0.0383 e. The van der Waals surface area contributed by atoms with Gasteiger partial charge in [-0.1, -0.05) is 96.8 Å². The second-order valence-corrected chi connectivity index (χ2v) is 7.55. The van der Waals surface area contributed by atoms with Gasteiger partial charge in [-0.05, 0) is 24.2 Å². The van der Waals surface area contributed by atoms with Crippen molar-refractivity contribution in [3.05, 3.63) is 0 Å². The van der Waals surface area contributed by atoms with Crippen molar-refractivity contribution >= 4 is 0 Å². The zero-order chi connectivity index (χ0) is 13.3. The van der Waals surface area contributed by atoms with Crippen LogP contribution in [0.15, 0.2) is 0 Å². The maximum atomic E-state index is 2.52. The molecule has 0 N–H and O–H groups in total. The van der Waals surface area contributed by atoms with Crippen molar-refractivity contribution in [1.29, 1.82) is 0 Å². The van der Waals surface area contributed by atoms with Gasteiger partial charge in [0.15, 0.2) is 0 Å². The summed E-state index contributed by atoms with van der Waals surface area (Å²) in [5.41, 5.74) is 0. The lowest BCUT2D eigenvalue weighted by Gasteiger charge is -2.29. The Morgan fingerprint density at radius 2 is 0.895 bits per heavy atom. The average Bonchev–Trinajstić information content (AvgIpc) is 2.60. The molecule has 0 aromatic carbocycles. The van der Waals surface area contributed by atoms with Crippen molar-refractivity contribution in [3.63, 3.8) is 0 Å². The third-order valence-electron chi connectivity index (χ3n) is 5.79. The Hall–Kier alpha value is 0. The van der Waals surface area contributed by atoms with E-state index in [2.05, 4.69) is 6.92 Å². The van der Waals surface area contributed by atoms with Crippen LogP contribution in [0.1, 0.15) is 103 Å². The van der Waals surface area contributed by atoms with Crippen molar-refractivity contribution in [1.82, 2.24) is 0 Å². The highest BCUT2D eigenvalue weighted by atomic mass is 14.3. The third kappa shape index (κ3) is 5.88. The molecule has 0 aromatic rings. The van der Waals surface area contributed by atoms with Gasteiger partial charge in [0, 0.05) is 0 Å². The van der Waals surface area contributed by atoms with Crippen LogP contribution < -0.4 is 0 Å². The van der Waals surface area contributed by atoms with E-state index < -0.39 is 0 Å². The Labute approximate surface area is 121 Å². The highest BCUT2D eigenvalue weighted by molar-refractivity contribution is 4.75. The summed E-state index contributed by atoms with van der Waals surface area (Å²) in [4.78, 5) is 0. The molecule has 2 saturated carbocycles. The van der Waals surface area contributed by atoms with Crippen molar-refractivity contribution in [3.8, 4) is 0 Å². The second-order valence-electron chi connectivity index (χ2n) is 7.55. The van der Waals surface area contributed by atoms with Gasteiger partial charge in [0.2, 0.25) is 0 Å². The molecule has 2 aliphatic carbocycles. The fourth-order valence-corrected chi connectivity index (χ4v) is 4.57. The van der Waals surface area contributed by atoms with Gasteiger partial charge >= 0.3 is 0 Å². The Kier molecular flexibility index (Phi) is 7.32. The highest BCUT2D eigenvalue weighted by Crippen LogP contribution is 2.36. The molecular weight excluding hydrogens is 228 g/mol. The molecule has 0 heteroatoms. The normalized spacial score (nSPS) is 33.3. The van der Waals surface area contributed by atoms with Gasteiger partial charge in [-0.25, -0.2) is 0 Å². The van der Waals surface area contributed by atoms with E-state index >= 15 is 0 Å². The molecule has 0 nitrogen and oxygen atoms in total. The van der Waals surface area contributed by atoms with Gasteiger partial charge in [0.05, 0.1) is 0 Å². The van der Waals surface area contributed by atoms with Crippen LogP contribution in [0.5, 0.6) is 0 Å². The first kappa shape index (κ1) is 15.4. The molecule has 0 saturated heterocycles. The maximum absolute atomic E-state index is 2.52. The van der Waals surface area contributed by atoms with Crippen LogP contribution in [0.3, 0.4) is 0 Å². The topological polar surface area (TPSA) is 0 Å². The number of rotatable bonds is 1. The monoisotopic (exact) mass is 264 g/mol. The van der Waals surface area contributed by atoms with Gasteiger partial charge in [0.25, 0.3) is 0 Å². The first-order chi connectivity index (χ1) is 9.36. The molecule has 0 radical (unpaired) electrons. The summed E-state index contributed by atoms with van der Waals surface area (Å²) in [6.45, 7) is 2.52. The minimum Gasteiger partial charge on any atom is -0.0625 e. The summed E-state index contributed by atoms with van der Waals surface area (Å²) in [6.07, 6.45) is 22.8. The van der Waals surface area contributed by atoms with E-state index in [9.17, 15) is 0 Å². The molecule has 19 heavy (non-hydrogen) atoms. The first-order valence-electron chi connectivity index (χ1n) is 9.36. The van der Waals surface area contributed by atoms with Crippen LogP contribution in [0.2, 0.25) is 0 Å². The van der Waals surface area contributed by atoms with E-state index in [1.54, 1.807) is 25.7 Å². The van der Waals surface area contributed by atoms with E-state index in [1.807, 2.05) is 0 Å². The third-order valence-corrected chi connectivity index (χ3v) is 5.79. The lowest BCUT2D eigenvalue weighted by atomic mass is 9.77. The van der Waals surface area contributed by atoms with Crippen molar-refractivity contribution in [2.45, 2.75) is 103 Å². The standard InChI is InChI=1S/C19H36/c1-17-12-8-6-7-11-15-19(16-17)18-13-9-4-2-3-5-10-14-18/h17-19H,2-16H2,1H3. The van der Waals surface area contributed by atoms with Gasteiger partial charge in [-0.15, -0.1) is 0 Å². The average molecular weight is 264 g/mol. The molecule has 0 spiro atoms. The fourth-order valence-electron chi connectivity index (χ4n) is 4.57. The molecule has 0 heterocycles. The number of hydrogen-bond acceptors (Lipinski definition) is 0. The van der Waals surface area contributed by atoms with Gasteiger partial charge in [-0.3, -0.25) is 0 Å². The summed E-state index contributed by atoms with van der Waals surface area (Å²) in [7, 11) is 0. The second kappa shape index (κ2) is 9.03. The van der Waals surface area contributed by atoms with Gasteiger partial charge in [0.1, 0.15) is 0 Å². The minimum absolute atomic E-state index is 0.996. The predicted octanol–water partition coefficient (Wildman–Crippen LogP) is 6.73. The summed E-state index contributed by atoms with van der Waals surface area (Å²) in [5.74, 6) is 3.15. The van der Waals surface area contributed by atoms with Crippen molar-refractivity contribution in [2.24, 2.45) is 17.8 Å². The SMILES string of the molecule is CC1CCCCCCC(C2CCCCCCCC2)C1. The van der Waals surface area contributed by atoms with Gasteiger partial charge < -0.3 is 0 Å². The quantitative estimate of drug-likeness (QED) is 0.492. The molecule has 2 aliphatic rings. The van der Waals surface area contributed by atoms with Gasteiger partial charge in [-0.2, -0.15) is 0 Å². The lowest BCUT2D eigenvalue weighted by molar-refractivity contribution is 0.223. The molecular formula is C19H36. The van der Waals surface area contributed by atoms with Crippen LogP contribution in [-0.4, -0.2) is 0 Å². The molecule has 2 atom stereocenters. The van der Waals surface area contributed by atoms with Crippen LogP contribution in [0.4, 0.5) is 0 Å². The number of hydrogen-bond donors (Lipinski definition) is 0. The summed E-state index contributed by atoms with van der Waals surface area (Å²) < 4.78 is 0. The smallest absolute Gasteiger partial charge is 0.0383 e. The van der Waals surface area contributed by atoms with Crippen LogP contribution in [0, 0.1) is 17.8 Å². The summed E-state index contributed by atoms with van der Waals surface area (Å²) >= 11 is 0. The zero-order valence-corrected chi connectivity index (χ0v) is 13.3. The van der Waals surface area contributed by atoms with E-state index in [0.717, 1.165) is 17.8 Å². The molecule has 112 valence electrons. The van der Waals surface area contributed by atoms with Crippen LogP contribution in [0.25, 0.3) is 0 Å². The fraction of sp³-hybridized carbons (Fsp3) is 1.00. The molecule has 2 unspecified atom stereocenters. The predicted molar refractivity (Wildman–Crippen MR) is 85.4 cm³/mol. The minimum atomic E-state index is 0.996. The lowest BCUT2D eigenvalue weighted by Crippen LogP contribution is -2.18. The molecule has 0 aliphatic heterocycles. The molecule has 0 aromatic heterocycles. The van der Waals surface area contributed by atoms with Crippen LogP contribution in [-0.2, 0) is 0 Å². The molecule has 2 fully saturated rings. The molecule has 0 amide bonds. The highest BCUT2D eigenvalue weighted by Gasteiger charge is 2.24. The Bertz CT molecular complexity index is 210. The van der Waals surface area contributed by atoms with Crippen molar-refractivity contribution in [2.75, 3.05) is 0 Å². The first-order valence-corrected chi connectivity index (χ1v) is 9.36. The van der Waals surface area contributed by atoms with Crippen molar-refractivity contribution < 1.29 is 0 Å². The largest absolute Gasteiger partial charge is 0.0625 e. The Balaban J connectivity index is 1.89. The van der Waals surface area contributed by atoms with Crippen LogP contribution >= 0.6 is 0 Å². The molecule has 2 rings (SSSR count). The Morgan fingerprint density at radius 1 is 0.474 bits per heavy atom. The summed E-state index contributed by atoms with van der Waals surface area (Å²) in [5, 5.41) is 0. The molecule has 0 bridgehead atoms. The zero-order valence-electron chi connectivity index (χ0n) is 13.3. The summed E-state index contributed by atoms with van der Waals surface area (Å²) in [6, 6.07) is 0. The Morgan fingerprint density at radius 3 is 1.47 bits per heavy atom.